The first kappa shape index (κ1) is 15.8. The third kappa shape index (κ3) is 3.47. The van der Waals surface area contributed by atoms with Gasteiger partial charge in [-0.05, 0) is 18.6 Å². The van der Waals surface area contributed by atoms with E-state index in [4.69, 9.17) is 0 Å². The van der Waals surface area contributed by atoms with E-state index in [1.165, 1.54) is 11.8 Å². The lowest BCUT2D eigenvalue weighted by atomic mass is 10.1. The summed E-state index contributed by atoms with van der Waals surface area (Å²) in [7, 11) is 0. The lowest BCUT2D eigenvalue weighted by Crippen LogP contribution is -2.25. The molecule has 1 saturated heterocycles. The van der Waals surface area contributed by atoms with Gasteiger partial charge in [-0.2, -0.15) is 0 Å². The minimum atomic E-state index is 0.0686. The number of carbonyl (C=O) groups excluding carboxylic acids is 2. The Labute approximate surface area is 139 Å². The van der Waals surface area contributed by atoms with E-state index in [1.807, 2.05) is 46.9 Å². The molecule has 1 aromatic carbocycles. The van der Waals surface area contributed by atoms with Crippen molar-refractivity contribution in [3.8, 4) is 5.69 Å². The Hall–Kier alpha value is -2.08. The second-order valence-corrected chi connectivity index (χ2v) is 7.16. The molecule has 1 fully saturated rings. The van der Waals surface area contributed by atoms with Gasteiger partial charge in [0.1, 0.15) is 5.82 Å². The van der Waals surface area contributed by atoms with Crippen molar-refractivity contribution >= 4 is 22.8 Å². The number of rotatable bonds is 4. The maximum Gasteiger partial charge on any atom is 0.224 e. The monoisotopic (exact) mass is 329 g/mol. The standard InChI is InChI=1S/C17H19N3O2S/c1-12-18-7-8-20(12)16-6-4-3-5-14(16)10-19-11-15(9-17(19)22)23-13(2)21/h3-8,15H,9-11H2,1-2H3. The van der Waals surface area contributed by atoms with Crippen LogP contribution in [0, 0.1) is 6.92 Å². The highest BCUT2D eigenvalue weighted by molar-refractivity contribution is 8.14. The molecule has 0 saturated carbocycles. The van der Waals surface area contributed by atoms with Crippen LogP contribution in [0.15, 0.2) is 36.7 Å². The fourth-order valence-electron chi connectivity index (χ4n) is 2.92. The largest absolute Gasteiger partial charge is 0.337 e. The molecule has 1 unspecified atom stereocenters. The lowest BCUT2D eigenvalue weighted by Gasteiger charge is -2.19. The molecule has 6 heteroatoms. The maximum absolute atomic E-state index is 12.2. The van der Waals surface area contributed by atoms with Gasteiger partial charge in [0.25, 0.3) is 0 Å². The topological polar surface area (TPSA) is 55.2 Å². The van der Waals surface area contributed by atoms with Crippen LogP contribution in [-0.4, -0.2) is 37.3 Å². The van der Waals surface area contributed by atoms with Gasteiger partial charge >= 0.3 is 0 Å². The fraction of sp³-hybridized carbons (Fsp3) is 0.353. The Morgan fingerprint density at radius 2 is 2.17 bits per heavy atom. The highest BCUT2D eigenvalue weighted by atomic mass is 32.2. The van der Waals surface area contributed by atoms with Crippen LogP contribution in [0.5, 0.6) is 0 Å². The molecule has 5 nitrogen and oxygen atoms in total. The number of hydrogen-bond acceptors (Lipinski definition) is 4. The normalized spacial score (nSPS) is 17.7. The van der Waals surface area contributed by atoms with Gasteiger partial charge < -0.3 is 9.47 Å². The molecule has 1 atom stereocenters. The number of benzene rings is 1. The number of para-hydroxylation sites is 1. The quantitative estimate of drug-likeness (QED) is 0.865. The van der Waals surface area contributed by atoms with Gasteiger partial charge in [-0.1, -0.05) is 30.0 Å². The zero-order chi connectivity index (χ0) is 16.4. The molecular formula is C17H19N3O2S. The van der Waals surface area contributed by atoms with Crippen molar-refractivity contribution in [3.05, 3.63) is 48.0 Å². The van der Waals surface area contributed by atoms with Crippen molar-refractivity contribution in [2.45, 2.75) is 32.1 Å². The van der Waals surface area contributed by atoms with E-state index in [0.29, 0.717) is 19.5 Å². The number of aromatic nitrogens is 2. The summed E-state index contributed by atoms with van der Waals surface area (Å²) in [5.74, 6) is 1.02. The third-order valence-corrected chi connectivity index (χ3v) is 4.93. The Morgan fingerprint density at radius 3 is 2.87 bits per heavy atom. The van der Waals surface area contributed by atoms with Gasteiger partial charge in [-0.3, -0.25) is 9.59 Å². The molecule has 0 aliphatic carbocycles. The summed E-state index contributed by atoms with van der Waals surface area (Å²) in [4.78, 5) is 29.6. The molecular weight excluding hydrogens is 310 g/mol. The predicted octanol–water partition coefficient (Wildman–Crippen LogP) is 2.56. The van der Waals surface area contributed by atoms with Crippen molar-refractivity contribution in [2.75, 3.05) is 6.54 Å². The summed E-state index contributed by atoms with van der Waals surface area (Å²) in [5.41, 5.74) is 2.12. The molecule has 1 aliphatic heterocycles. The SMILES string of the molecule is CC(=O)SC1CC(=O)N(Cc2ccccc2-n2ccnc2C)C1. The van der Waals surface area contributed by atoms with Crippen molar-refractivity contribution in [1.29, 1.82) is 0 Å². The van der Waals surface area contributed by atoms with Gasteiger partial charge in [0.05, 0.1) is 5.69 Å². The Morgan fingerprint density at radius 1 is 1.39 bits per heavy atom. The minimum Gasteiger partial charge on any atom is -0.337 e. The number of aryl methyl sites for hydroxylation is 1. The van der Waals surface area contributed by atoms with Crippen LogP contribution in [0.3, 0.4) is 0 Å². The smallest absolute Gasteiger partial charge is 0.224 e. The predicted molar refractivity (Wildman–Crippen MR) is 90.4 cm³/mol. The Bertz CT molecular complexity index is 741. The summed E-state index contributed by atoms with van der Waals surface area (Å²) >= 11 is 1.27. The summed E-state index contributed by atoms with van der Waals surface area (Å²) < 4.78 is 2.03. The van der Waals surface area contributed by atoms with Gasteiger partial charge in [0, 0.05) is 44.1 Å². The second-order valence-electron chi connectivity index (χ2n) is 5.68. The average Bonchev–Trinajstić information content (AvgIpc) is 3.05. The van der Waals surface area contributed by atoms with Crippen LogP contribution in [0.25, 0.3) is 5.69 Å². The van der Waals surface area contributed by atoms with Gasteiger partial charge in [-0.25, -0.2) is 4.98 Å². The lowest BCUT2D eigenvalue weighted by molar-refractivity contribution is -0.128. The third-order valence-electron chi connectivity index (χ3n) is 3.95. The molecule has 2 aromatic rings. The number of imidazole rings is 1. The first-order chi connectivity index (χ1) is 11.0. The van der Waals surface area contributed by atoms with E-state index < -0.39 is 0 Å². The van der Waals surface area contributed by atoms with Gasteiger partial charge in [0.15, 0.2) is 5.12 Å². The first-order valence-electron chi connectivity index (χ1n) is 7.58. The van der Waals surface area contributed by atoms with E-state index in [-0.39, 0.29) is 16.3 Å². The summed E-state index contributed by atoms with van der Waals surface area (Å²) in [6.07, 6.45) is 4.14. The maximum atomic E-state index is 12.2. The first-order valence-corrected chi connectivity index (χ1v) is 8.46. The molecule has 0 N–H and O–H groups in total. The average molecular weight is 329 g/mol. The van der Waals surface area contributed by atoms with E-state index in [9.17, 15) is 9.59 Å². The number of carbonyl (C=O) groups is 2. The van der Waals surface area contributed by atoms with E-state index in [0.717, 1.165) is 17.1 Å². The summed E-state index contributed by atoms with van der Waals surface area (Å²) in [6.45, 7) is 4.69. The molecule has 1 aromatic heterocycles. The van der Waals surface area contributed by atoms with Crippen LogP contribution < -0.4 is 0 Å². The molecule has 1 amide bonds. The zero-order valence-electron chi connectivity index (χ0n) is 13.2. The van der Waals surface area contributed by atoms with Crippen molar-refractivity contribution in [3.63, 3.8) is 0 Å². The second kappa shape index (κ2) is 6.58. The van der Waals surface area contributed by atoms with Crippen LogP contribution in [-0.2, 0) is 16.1 Å². The van der Waals surface area contributed by atoms with E-state index >= 15 is 0 Å². The van der Waals surface area contributed by atoms with Gasteiger partial charge in [-0.15, -0.1) is 0 Å². The molecule has 23 heavy (non-hydrogen) atoms. The molecule has 2 heterocycles. The molecule has 0 spiro atoms. The minimum absolute atomic E-state index is 0.0686. The number of amides is 1. The molecule has 120 valence electrons. The Balaban J connectivity index is 1.80. The molecule has 1 aliphatic rings. The van der Waals surface area contributed by atoms with E-state index in [2.05, 4.69) is 4.98 Å². The summed E-state index contributed by atoms with van der Waals surface area (Å²) in [5, 5.41) is 0.140. The number of nitrogens with zero attached hydrogens (tertiary/aromatic N) is 3. The van der Waals surface area contributed by atoms with Crippen molar-refractivity contribution in [1.82, 2.24) is 14.5 Å². The highest BCUT2D eigenvalue weighted by Crippen LogP contribution is 2.27. The van der Waals surface area contributed by atoms with Crippen LogP contribution in [0.1, 0.15) is 24.7 Å². The van der Waals surface area contributed by atoms with Crippen LogP contribution in [0.4, 0.5) is 0 Å². The number of hydrogen-bond donors (Lipinski definition) is 0. The summed E-state index contributed by atoms with van der Waals surface area (Å²) in [6, 6.07) is 8.03. The Kier molecular flexibility index (Phi) is 4.52. The highest BCUT2D eigenvalue weighted by Gasteiger charge is 2.31. The van der Waals surface area contributed by atoms with Crippen LogP contribution >= 0.6 is 11.8 Å². The fourth-order valence-corrected chi connectivity index (χ4v) is 3.87. The van der Waals surface area contributed by atoms with Crippen LogP contribution in [0.2, 0.25) is 0 Å². The van der Waals surface area contributed by atoms with E-state index in [1.54, 1.807) is 13.1 Å². The zero-order valence-corrected chi connectivity index (χ0v) is 14.0. The molecule has 0 bridgehead atoms. The van der Waals surface area contributed by atoms with Crippen molar-refractivity contribution in [2.24, 2.45) is 0 Å². The van der Waals surface area contributed by atoms with Crippen molar-refractivity contribution < 1.29 is 9.59 Å². The molecule has 0 radical (unpaired) electrons. The van der Waals surface area contributed by atoms with Gasteiger partial charge in [0.2, 0.25) is 5.91 Å². The number of thioether (sulfide) groups is 1. The molecule has 3 rings (SSSR count). The number of likely N-dealkylation sites (tertiary alicyclic amines) is 1.